The van der Waals surface area contributed by atoms with Crippen LogP contribution in [-0.4, -0.2) is 17.4 Å². The van der Waals surface area contributed by atoms with Crippen molar-refractivity contribution in [1.82, 2.24) is 4.90 Å². The third kappa shape index (κ3) is 1.94. The maximum absolute atomic E-state index is 12.6. The number of amides is 1. The van der Waals surface area contributed by atoms with E-state index in [1.165, 1.54) is 33.7 Å². The molecule has 0 unspecified atom stereocenters. The molecule has 0 saturated heterocycles. The van der Waals surface area contributed by atoms with Gasteiger partial charge in [0.05, 0.1) is 4.88 Å². The van der Waals surface area contributed by atoms with Gasteiger partial charge in [0.15, 0.2) is 0 Å². The summed E-state index contributed by atoms with van der Waals surface area (Å²) in [6.45, 7) is 1.66. The molecule has 0 saturated carbocycles. The Balaban J connectivity index is 1.58. The average Bonchev–Trinajstić information content (AvgIpc) is 3.11. The fourth-order valence-corrected chi connectivity index (χ4v) is 5.12. The van der Waals surface area contributed by atoms with Crippen molar-refractivity contribution in [2.45, 2.75) is 32.2 Å². The summed E-state index contributed by atoms with van der Waals surface area (Å²) >= 11 is 3.54. The lowest BCUT2D eigenvalue weighted by atomic mass is 10.1. The van der Waals surface area contributed by atoms with E-state index in [1.54, 1.807) is 11.3 Å². The van der Waals surface area contributed by atoms with Gasteiger partial charge in [-0.1, -0.05) is 0 Å². The van der Waals surface area contributed by atoms with E-state index in [0.29, 0.717) is 0 Å². The predicted octanol–water partition coefficient (Wildman–Crippen LogP) is 3.50. The van der Waals surface area contributed by atoms with Crippen LogP contribution < -0.4 is 0 Å². The van der Waals surface area contributed by atoms with Gasteiger partial charge >= 0.3 is 0 Å². The molecule has 2 nitrogen and oxygen atoms in total. The second-order valence-electron chi connectivity index (χ2n) is 5.26. The number of hydrogen-bond acceptors (Lipinski definition) is 3. The van der Waals surface area contributed by atoms with E-state index in [1.807, 2.05) is 16.2 Å². The summed E-state index contributed by atoms with van der Waals surface area (Å²) in [4.78, 5) is 18.4. The molecule has 1 amide bonds. The molecule has 0 aromatic carbocycles. The fraction of sp³-hybridized carbons (Fsp3) is 0.400. The van der Waals surface area contributed by atoms with Crippen molar-refractivity contribution < 1.29 is 4.79 Å². The Hall–Kier alpha value is -1.13. The summed E-state index contributed by atoms with van der Waals surface area (Å²) in [5.74, 6) is 0.233. The van der Waals surface area contributed by atoms with Crippen LogP contribution in [0.15, 0.2) is 17.5 Å². The summed E-state index contributed by atoms with van der Waals surface area (Å²) in [6.07, 6.45) is 4.61. The summed E-state index contributed by atoms with van der Waals surface area (Å²) in [5.41, 5.74) is 2.76. The lowest BCUT2D eigenvalue weighted by Crippen LogP contribution is -2.34. The molecule has 0 fully saturated rings. The van der Waals surface area contributed by atoms with Crippen LogP contribution in [0.5, 0.6) is 0 Å². The maximum Gasteiger partial charge on any atom is 0.264 e. The van der Waals surface area contributed by atoms with E-state index >= 15 is 0 Å². The van der Waals surface area contributed by atoms with Crippen LogP contribution in [0.3, 0.4) is 0 Å². The van der Waals surface area contributed by atoms with Crippen LogP contribution in [0.25, 0.3) is 0 Å². The van der Waals surface area contributed by atoms with E-state index in [0.717, 1.165) is 30.8 Å². The van der Waals surface area contributed by atoms with E-state index < -0.39 is 0 Å². The Morgan fingerprint density at radius 2 is 2.11 bits per heavy atom. The standard InChI is InChI=1S/C15H15NOS2/c17-15(14-8-10-2-1-3-13(10)19-14)16-6-4-12-11(9-16)5-7-18-12/h5,7-8H,1-4,6,9H2. The van der Waals surface area contributed by atoms with Crippen molar-refractivity contribution >= 4 is 28.6 Å². The monoisotopic (exact) mass is 289 g/mol. The zero-order chi connectivity index (χ0) is 12.8. The first-order valence-electron chi connectivity index (χ1n) is 6.77. The van der Waals surface area contributed by atoms with Gasteiger partial charge in [0, 0.05) is 22.8 Å². The molecular formula is C15H15NOS2. The zero-order valence-corrected chi connectivity index (χ0v) is 12.3. The molecule has 2 aromatic rings. The van der Waals surface area contributed by atoms with Crippen LogP contribution in [-0.2, 0) is 25.8 Å². The number of hydrogen-bond donors (Lipinski definition) is 0. The topological polar surface area (TPSA) is 20.3 Å². The van der Waals surface area contributed by atoms with E-state index in [4.69, 9.17) is 0 Å². The molecule has 4 rings (SSSR count). The van der Waals surface area contributed by atoms with Crippen molar-refractivity contribution in [2.75, 3.05) is 6.54 Å². The maximum atomic E-state index is 12.6. The van der Waals surface area contributed by atoms with Crippen molar-refractivity contribution in [3.63, 3.8) is 0 Å². The summed E-state index contributed by atoms with van der Waals surface area (Å²) < 4.78 is 0. The molecule has 2 aromatic heterocycles. The number of thiophene rings is 2. The number of nitrogens with zero attached hydrogens (tertiary/aromatic N) is 1. The predicted molar refractivity (Wildman–Crippen MR) is 79.1 cm³/mol. The minimum Gasteiger partial charge on any atom is -0.333 e. The van der Waals surface area contributed by atoms with Gasteiger partial charge in [0.1, 0.15) is 0 Å². The molecule has 1 aliphatic carbocycles. The van der Waals surface area contributed by atoms with E-state index in [9.17, 15) is 4.79 Å². The molecule has 3 heterocycles. The second-order valence-corrected chi connectivity index (χ2v) is 7.40. The van der Waals surface area contributed by atoms with Crippen LogP contribution in [0.2, 0.25) is 0 Å². The molecule has 0 spiro atoms. The number of carbonyl (C=O) groups is 1. The lowest BCUT2D eigenvalue weighted by molar-refractivity contribution is 0.0740. The highest BCUT2D eigenvalue weighted by Gasteiger charge is 2.25. The highest BCUT2D eigenvalue weighted by Crippen LogP contribution is 2.32. The molecule has 1 aliphatic heterocycles. The minimum atomic E-state index is 0.233. The largest absolute Gasteiger partial charge is 0.333 e. The Kier molecular flexibility index (Phi) is 2.74. The molecular weight excluding hydrogens is 274 g/mol. The van der Waals surface area contributed by atoms with Crippen molar-refractivity contribution in [3.8, 4) is 0 Å². The molecule has 0 atom stereocenters. The number of aryl methyl sites for hydroxylation is 2. The normalized spacial score (nSPS) is 17.4. The molecule has 98 valence electrons. The number of fused-ring (bicyclic) bond motifs is 2. The molecule has 2 aliphatic rings. The fourth-order valence-electron chi connectivity index (χ4n) is 3.01. The van der Waals surface area contributed by atoms with Crippen molar-refractivity contribution in [2.24, 2.45) is 0 Å². The average molecular weight is 289 g/mol. The lowest BCUT2D eigenvalue weighted by Gasteiger charge is -2.26. The number of carbonyl (C=O) groups excluding carboxylic acids is 1. The van der Waals surface area contributed by atoms with Crippen LogP contribution >= 0.6 is 22.7 Å². The Bertz CT molecular complexity index is 619. The molecule has 4 heteroatoms. The third-order valence-electron chi connectivity index (χ3n) is 4.05. The quantitative estimate of drug-likeness (QED) is 0.787. The summed E-state index contributed by atoms with van der Waals surface area (Å²) in [6, 6.07) is 4.30. The highest BCUT2D eigenvalue weighted by atomic mass is 32.1. The van der Waals surface area contributed by atoms with Gasteiger partial charge < -0.3 is 4.90 Å². The van der Waals surface area contributed by atoms with Gasteiger partial charge in [0.25, 0.3) is 5.91 Å². The van der Waals surface area contributed by atoms with Crippen molar-refractivity contribution in [1.29, 1.82) is 0 Å². The van der Waals surface area contributed by atoms with Crippen molar-refractivity contribution in [3.05, 3.63) is 43.3 Å². The van der Waals surface area contributed by atoms with Crippen LogP contribution in [0, 0.1) is 0 Å². The van der Waals surface area contributed by atoms with Gasteiger partial charge in [-0.3, -0.25) is 4.79 Å². The molecule has 0 N–H and O–H groups in total. The first-order chi connectivity index (χ1) is 9.31. The van der Waals surface area contributed by atoms with Gasteiger partial charge in [-0.05, 0) is 54.3 Å². The van der Waals surface area contributed by atoms with Gasteiger partial charge in [-0.15, -0.1) is 22.7 Å². The van der Waals surface area contributed by atoms with Gasteiger partial charge in [0.2, 0.25) is 0 Å². The van der Waals surface area contributed by atoms with Crippen LogP contribution in [0.4, 0.5) is 0 Å². The van der Waals surface area contributed by atoms with E-state index in [2.05, 4.69) is 17.5 Å². The number of rotatable bonds is 1. The van der Waals surface area contributed by atoms with Gasteiger partial charge in [-0.25, -0.2) is 0 Å². The summed E-state index contributed by atoms with van der Waals surface area (Å²) in [7, 11) is 0. The summed E-state index contributed by atoms with van der Waals surface area (Å²) in [5, 5.41) is 2.14. The minimum absolute atomic E-state index is 0.233. The Labute approximate surface area is 120 Å². The first-order valence-corrected chi connectivity index (χ1v) is 8.47. The highest BCUT2D eigenvalue weighted by molar-refractivity contribution is 7.14. The first kappa shape index (κ1) is 11.7. The second kappa shape index (κ2) is 4.46. The van der Waals surface area contributed by atoms with Crippen LogP contribution in [0.1, 0.15) is 37.0 Å². The zero-order valence-electron chi connectivity index (χ0n) is 10.6. The SMILES string of the molecule is O=C(c1cc2c(s1)CCC2)N1CCc2sccc2C1. The smallest absolute Gasteiger partial charge is 0.264 e. The molecule has 19 heavy (non-hydrogen) atoms. The molecule has 0 radical (unpaired) electrons. The van der Waals surface area contributed by atoms with Gasteiger partial charge in [-0.2, -0.15) is 0 Å². The molecule has 0 bridgehead atoms. The Morgan fingerprint density at radius 3 is 3.00 bits per heavy atom. The Morgan fingerprint density at radius 1 is 1.16 bits per heavy atom. The van der Waals surface area contributed by atoms with E-state index in [-0.39, 0.29) is 5.91 Å². The third-order valence-corrected chi connectivity index (χ3v) is 6.30.